The lowest BCUT2D eigenvalue weighted by atomic mass is 9.84. The number of pyridine rings is 2. The Balaban J connectivity index is 1.47. The monoisotopic (exact) mass is 547 g/mol. The molecule has 1 saturated heterocycles. The zero-order chi connectivity index (χ0) is 28.0. The molecule has 12 nitrogen and oxygen atoms in total. The van der Waals surface area contributed by atoms with Crippen molar-refractivity contribution in [1.29, 1.82) is 0 Å². The standard InChI is InChI=1S/C28H29N5O7/c1-2-28(36)22-20(16-39-27(28)35)26(34)32-15-19-18(14-29-40-13-12-31-10-6-3-7-11-31)17-8-4-5-9-21(17)30-23(19)25(32)24(22)33(37)38/h4-5,8-9,14,36H,2-3,6-7,10-13,15-16H2,1H3/t28-/m0/s1. The summed E-state index contributed by atoms with van der Waals surface area (Å²) in [7, 11) is 0. The summed E-state index contributed by atoms with van der Waals surface area (Å²) >= 11 is 0. The lowest BCUT2D eigenvalue weighted by Crippen LogP contribution is -2.45. The number of esters is 1. The van der Waals surface area contributed by atoms with E-state index in [-0.39, 0.29) is 35.5 Å². The van der Waals surface area contributed by atoms with Crippen molar-refractivity contribution in [3.63, 3.8) is 0 Å². The molecule has 40 heavy (non-hydrogen) atoms. The number of para-hydroxylation sites is 1. The van der Waals surface area contributed by atoms with Crippen LogP contribution in [-0.2, 0) is 33.1 Å². The summed E-state index contributed by atoms with van der Waals surface area (Å²) < 4.78 is 6.36. The third kappa shape index (κ3) is 4.06. The van der Waals surface area contributed by atoms with Gasteiger partial charge in [-0.15, -0.1) is 0 Å². The van der Waals surface area contributed by atoms with Crippen molar-refractivity contribution in [3.8, 4) is 11.4 Å². The first kappa shape index (κ1) is 26.1. The number of oxime groups is 1. The minimum absolute atomic E-state index is 0.00306. The van der Waals surface area contributed by atoms with Crippen LogP contribution in [-0.4, -0.2) is 62.9 Å². The number of fused-ring (bicyclic) bond motifs is 5. The molecule has 0 aliphatic carbocycles. The number of benzene rings is 1. The predicted octanol–water partition coefficient (Wildman–Crippen LogP) is 2.82. The van der Waals surface area contributed by atoms with Gasteiger partial charge >= 0.3 is 11.7 Å². The molecule has 1 atom stereocenters. The fourth-order valence-electron chi connectivity index (χ4n) is 6.02. The fraction of sp³-hybridized carbons (Fsp3) is 0.429. The van der Waals surface area contributed by atoms with E-state index in [2.05, 4.69) is 10.1 Å². The van der Waals surface area contributed by atoms with Crippen molar-refractivity contribution < 1.29 is 24.4 Å². The fourth-order valence-corrected chi connectivity index (χ4v) is 6.02. The van der Waals surface area contributed by atoms with E-state index in [0.29, 0.717) is 23.3 Å². The van der Waals surface area contributed by atoms with Crippen molar-refractivity contribution in [2.24, 2.45) is 5.16 Å². The highest BCUT2D eigenvalue weighted by molar-refractivity contribution is 6.03. The second-order valence-electron chi connectivity index (χ2n) is 10.3. The predicted molar refractivity (Wildman–Crippen MR) is 145 cm³/mol. The number of aliphatic hydroxyl groups is 1. The third-order valence-corrected chi connectivity index (χ3v) is 8.11. The van der Waals surface area contributed by atoms with Crippen LogP contribution in [0.15, 0.2) is 34.2 Å². The molecular formula is C28H29N5O7. The van der Waals surface area contributed by atoms with E-state index in [4.69, 9.17) is 14.6 Å². The maximum Gasteiger partial charge on any atom is 0.343 e. The van der Waals surface area contributed by atoms with Gasteiger partial charge in [0.05, 0.1) is 34.3 Å². The summed E-state index contributed by atoms with van der Waals surface area (Å²) in [5.74, 6) is -1.02. The molecule has 1 fully saturated rings. The SMILES string of the molecule is CC[C@@]1(O)C(=O)OCc2c1c([N+](=O)[O-])c1n(c2=O)Cc2c-1nc1ccccc1c2C=NOCCN1CCCCC1. The second-order valence-corrected chi connectivity index (χ2v) is 10.3. The van der Waals surface area contributed by atoms with Crippen LogP contribution in [0, 0.1) is 10.1 Å². The maximum atomic E-state index is 13.7. The number of nitro groups is 1. The summed E-state index contributed by atoms with van der Waals surface area (Å²) in [5.41, 5.74) is -1.89. The van der Waals surface area contributed by atoms with Crippen molar-refractivity contribution >= 4 is 28.8 Å². The van der Waals surface area contributed by atoms with Crippen LogP contribution in [0.4, 0.5) is 5.69 Å². The van der Waals surface area contributed by atoms with Gasteiger partial charge in [0.25, 0.3) is 5.56 Å². The summed E-state index contributed by atoms with van der Waals surface area (Å²) in [4.78, 5) is 50.8. The van der Waals surface area contributed by atoms with E-state index in [1.54, 1.807) is 18.3 Å². The maximum absolute atomic E-state index is 13.7. The summed E-state index contributed by atoms with van der Waals surface area (Å²) in [5, 5.41) is 28.7. The Hall–Kier alpha value is -4.16. The summed E-state index contributed by atoms with van der Waals surface area (Å²) in [6, 6.07) is 7.29. The van der Waals surface area contributed by atoms with Gasteiger partial charge in [0, 0.05) is 23.1 Å². The molecule has 3 aliphatic rings. The molecule has 0 radical (unpaired) electrons. The van der Waals surface area contributed by atoms with Gasteiger partial charge in [-0.3, -0.25) is 24.4 Å². The van der Waals surface area contributed by atoms with Gasteiger partial charge in [0.2, 0.25) is 0 Å². The van der Waals surface area contributed by atoms with Crippen LogP contribution >= 0.6 is 0 Å². The Morgan fingerprint density at radius 3 is 2.75 bits per heavy atom. The first-order chi connectivity index (χ1) is 19.3. The molecule has 0 saturated carbocycles. The van der Waals surface area contributed by atoms with Crippen LogP contribution in [0.1, 0.15) is 54.9 Å². The molecule has 3 aromatic rings. The average molecular weight is 548 g/mol. The molecule has 3 aliphatic heterocycles. The molecule has 5 heterocycles. The highest BCUT2D eigenvalue weighted by Gasteiger charge is 2.52. The van der Waals surface area contributed by atoms with E-state index >= 15 is 0 Å². The molecule has 6 rings (SSSR count). The number of piperidine rings is 1. The third-order valence-electron chi connectivity index (χ3n) is 8.11. The molecule has 0 unspecified atom stereocenters. The molecular weight excluding hydrogens is 518 g/mol. The highest BCUT2D eigenvalue weighted by atomic mass is 16.6. The van der Waals surface area contributed by atoms with Gasteiger partial charge in [0.1, 0.15) is 24.6 Å². The topological polar surface area (TPSA) is 149 Å². The van der Waals surface area contributed by atoms with Gasteiger partial charge < -0.3 is 14.7 Å². The molecule has 0 spiro atoms. The molecule has 2 aromatic heterocycles. The highest BCUT2D eigenvalue weighted by Crippen LogP contribution is 2.46. The smallest absolute Gasteiger partial charge is 0.343 e. The molecule has 0 bridgehead atoms. The van der Waals surface area contributed by atoms with Crippen LogP contribution in [0.5, 0.6) is 0 Å². The number of ether oxygens (including phenoxy) is 1. The van der Waals surface area contributed by atoms with Gasteiger partial charge in [-0.05, 0) is 38.4 Å². The lowest BCUT2D eigenvalue weighted by Gasteiger charge is -2.31. The summed E-state index contributed by atoms with van der Waals surface area (Å²) in [6.07, 6.45) is 4.99. The number of hydrogen-bond donors (Lipinski definition) is 1. The Bertz CT molecular complexity index is 1630. The van der Waals surface area contributed by atoms with Crippen LogP contribution in [0.3, 0.4) is 0 Å². The molecule has 1 aromatic carbocycles. The second kappa shape index (κ2) is 10.1. The van der Waals surface area contributed by atoms with Gasteiger partial charge in [-0.25, -0.2) is 9.78 Å². The van der Waals surface area contributed by atoms with Gasteiger partial charge in [0.15, 0.2) is 5.60 Å². The zero-order valence-electron chi connectivity index (χ0n) is 22.1. The van der Waals surface area contributed by atoms with E-state index < -0.39 is 34.3 Å². The van der Waals surface area contributed by atoms with Crippen LogP contribution in [0.2, 0.25) is 0 Å². The van der Waals surface area contributed by atoms with Crippen LogP contribution in [0.25, 0.3) is 22.3 Å². The Morgan fingerprint density at radius 2 is 2.00 bits per heavy atom. The van der Waals surface area contributed by atoms with E-state index in [9.17, 15) is 24.8 Å². The normalized spacial score (nSPS) is 20.3. The minimum atomic E-state index is -2.32. The number of cyclic esters (lactones) is 1. The number of rotatable bonds is 7. The van der Waals surface area contributed by atoms with E-state index in [1.807, 2.05) is 12.1 Å². The first-order valence-corrected chi connectivity index (χ1v) is 13.5. The van der Waals surface area contributed by atoms with Crippen molar-refractivity contribution in [3.05, 3.63) is 67.0 Å². The number of aromatic nitrogens is 2. The number of nitrogens with zero attached hydrogens (tertiary/aromatic N) is 5. The van der Waals surface area contributed by atoms with E-state index in [0.717, 1.165) is 25.0 Å². The minimum Gasteiger partial charge on any atom is -0.458 e. The van der Waals surface area contributed by atoms with Crippen LogP contribution < -0.4 is 5.56 Å². The molecule has 1 N–H and O–H groups in total. The molecule has 0 amide bonds. The lowest BCUT2D eigenvalue weighted by molar-refractivity contribution is -0.386. The largest absolute Gasteiger partial charge is 0.458 e. The molecule has 12 heteroatoms. The first-order valence-electron chi connectivity index (χ1n) is 13.5. The van der Waals surface area contributed by atoms with Crippen molar-refractivity contribution in [2.45, 2.75) is 51.4 Å². The van der Waals surface area contributed by atoms with E-state index in [1.165, 1.54) is 30.8 Å². The average Bonchev–Trinajstić information content (AvgIpc) is 3.34. The van der Waals surface area contributed by atoms with Crippen molar-refractivity contribution in [2.75, 3.05) is 26.2 Å². The molecule has 208 valence electrons. The van der Waals surface area contributed by atoms with Gasteiger partial charge in [-0.2, -0.15) is 0 Å². The Morgan fingerprint density at radius 1 is 1.23 bits per heavy atom. The number of carbonyl (C=O) groups is 1. The quantitative estimate of drug-likeness (QED) is 0.121. The zero-order valence-corrected chi connectivity index (χ0v) is 22.1. The Labute approximate surface area is 229 Å². The van der Waals surface area contributed by atoms with Crippen molar-refractivity contribution in [1.82, 2.24) is 14.5 Å². The number of likely N-dealkylation sites (tertiary alicyclic amines) is 1. The summed E-state index contributed by atoms with van der Waals surface area (Å²) in [6.45, 7) is 4.34. The number of hydrogen-bond acceptors (Lipinski definition) is 10. The number of carbonyl (C=O) groups excluding carboxylic acids is 1. The van der Waals surface area contributed by atoms with Gasteiger partial charge in [-0.1, -0.05) is 36.7 Å². The Kier molecular flexibility index (Phi) is 6.59.